The molecule has 1 atom stereocenters. The van der Waals surface area contributed by atoms with Crippen LogP contribution in [0.1, 0.15) is 17.3 Å². The molecule has 5 heteroatoms. The normalized spacial score (nSPS) is 12.2. The van der Waals surface area contributed by atoms with Gasteiger partial charge >= 0.3 is 0 Å². The molecule has 0 bridgehead atoms. The number of carbonyl (C=O) groups is 1. The molecule has 1 unspecified atom stereocenters. The van der Waals surface area contributed by atoms with Crippen molar-refractivity contribution in [2.75, 3.05) is 18.6 Å². The maximum atomic E-state index is 11.8. The van der Waals surface area contributed by atoms with E-state index in [4.69, 9.17) is 0 Å². The SMILES string of the molecule is CSCC(C)CNC(=O)c1cc(I)ccc1O. The summed E-state index contributed by atoms with van der Waals surface area (Å²) < 4.78 is 0.933. The zero-order valence-electron chi connectivity index (χ0n) is 9.87. The third-order valence-electron chi connectivity index (χ3n) is 2.27. The van der Waals surface area contributed by atoms with E-state index in [0.717, 1.165) is 9.32 Å². The van der Waals surface area contributed by atoms with E-state index in [9.17, 15) is 9.90 Å². The van der Waals surface area contributed by atoms with Gasteiger partial charge in [0.25, 0.3) is 5.91 Å². The fraction of sp³-hybridized carbons (Fsp3) is 0.417. The maximum absolute atomic E-state index is 11.8. The topological polar surface area (TPSA) is 49.3 Å². The Labute approximate surface area is 120 Å². The smallest absolute Gasteiger partial charge is 0.255 e. The van der Waals surface area contributed by atoms with Crippen LogP contribution in [-0.2, 0) is 0 Å². The van der Waals surface area contributed by atoms with Gasteiger partial charge in [0.2, 0.25) is 0 Å². The zero-order chi connectivity index (χ0) is 12.8. The number of halogens is 1. The van der Waals surface area contributed by atoms with Gasteiger partial charge in [0, 0.05) is 10.1 Å². The number of hydrogen-bond acceptors (Lipinski definition) is 3. The van der Waals surface area contributed by atoms with E-state index < -0.39 is 0 Å². The second kappa shape index (κ2) is 7.10. The molecular weight excluding hydrogens is 349 g/mol. The van der Waals surface area contributed by atoms with Crippen LogP contribution >= 0.6 is 34.4 Å². The Morgan fingerprint density at radius 3 is 2.94 bits per heavy atom. The van der Waals surface area contributed by atoms with Crippen molar-refractivity contribution in [2.24, 2.45) is 5.92 Å². The number of thioether (sulfide) groups is 1. The summed E-state index contributed by atoms with van der Waals surface area (Å²) in [5.74, 6) is 1.26. The van der Waals surface area contributed by atoms with Crippen LogP contribution in [0.5, 0.6) is 5.75 Å². The number of aromatic hydroxyl groups is 1. The molecule has 1 amide bonds. The second-order valence-corrected chi connectivity index (χ2v) is 6.09. The lowest BCUT2D eigenvalue weighted by Gasteiger charge is -2.12. The number of carbonyl (C=O) groups excluding carboxylic acids is 1. The molecule has 94 valence electrons. The van der Waals surface area contributed by atoms with E-state index in [1.807, 2.05) is 6.26 Å². The van der Waals surface area contributed by atoms with Crippen LogP contribution in [0.3, 0.4) is 0 Å². The lowest BCUT2D eigenvalue weighted by Crippen LogP contribution is -2.29. The Kier molecular flexibility index (Phi) is 6.11. The fourth-order valence-electron chi connectivity index (χ4n) is 1.40. The summed E-state index contributed by atoms with van der Waals surface area (Å²) >= 11 is 3.88. The molecule has 0 radical (unpaired) electrons. The zero-order valence-corrected chi connectivity index (χ0v) is 12.8. The molecular formula is C12H16INO2S. The summed E-state index contributed by atoms with van der Waals surface area (Å²) in [6.07, 6.45) is 2.05. The van der Waals surface area contributed by atoms with Gasteiger partial charge in [-0.15, -0.1) is 0 Å². The standard InChI is InChI=1S/C12H16INO2S/c1-8(7-17-2)6-14-12(16)10-5-9(13)3-4-11(10)15/h3-5,8,15H,6-7H2,1-2H3,(H,14,16). The molecule has 1 aromatic rings. The molecule has 3 nitrogen and oxygen atoms in total. The van der Waals surface area contributed by atoms with E-state index in [2.05, 4.69) is 34.8 Å². The number of rotatable bonds is 5. The molecule has 0 aromatic heterocycles. The molecule has 17 heavy (non-hydrogen) atoms. The molecule has 0 spiro atoms. The van der Waals surface area contributed by atoms with Crippen molar-refractivity contribution < 1.29 is 9.90 Å². The average Bonchev–Trinajstić information content (AvgIpc) is 2.29. The number of hydrogen-bond donors (Lipinski definition) is 2. The third-order valence-corrected chi connectivity index (χ3v) is 3.84. The predicted octanol–water partition coefficient (Wildman–Crippen LogP) is 2.73. The summed E-state index contributed by atoms with van der Waals surface area (Å²) in [5.41, 5.74) is 0.341. The van der Waals surface area contributed by atoms with Crippen molar-refractivity contribution in [3.8, 4) is 5.75 Å². The predicted molar refractivity (Wildman–Crippen MR) is 80.7 cm³/mol. The fourth-order valence-corrected chi connectivity index (χ4v) is 2.57. The van der Waals surface area contributed by atoms with E-state index in [-0.39, 0.29) is 11.7 Å². The molecule has 0 saturated heterocycles. The Morgan fingerprint density at radius 1 is 1.59 bits per heavy atom. The first-order valence-electron chi connectivity index (χ1n) is 5.30. The monoisotopic (exact) mass is 365 g/mol. The highest BCUT2D eigenvalue weighted by atomic mass is 127. The first-order valence-corrected chi connectivity index (χ1v) is 7.77. The summed E-state index contributed by atoms with van der Waals surface area (Å²) in [5, 5.41) is 12.4. The summed E-state index contributed by atoms with van der Waals surface area (Å²) in [6.45, 7) is 2.72. The molecule has 1 aromatic carbocycles. The Bertz CT molecular complexity index is 398. The van der Waals surface area contributed by atoms with Crippen LogP contribution in [0.4, 0.5) is 0 Å². The van der Waals surface area contributed by atoms with Gasteiger partial charge in [-0.3, -0.25) is 4.79 Å². The molecule has 0 aliphatic carbocycles. The Morgan fingerprint density at radius 2 is 2.29 bits per heavy atom. The third kappa shape index (κ3) is 4.75. The van der Waals surface area contributed by atoms with Gasteiger partial charge in [-0.25, -0.2) is 0 Å². The number of phenols is 1. The highest BCUT2D eigenvalue weighted by Gasteiger charge is 2.12. The minimum Gasteiger partial charge on any atom is -0.507 e. The van der Waals surface area contributed by atoms with Gasteiger partial charge in [0.05, 0.1) is 5.56 Å². The first-order chi connectivity index (χ1) is 8.04. The van der Waals surface area contributed by atoms with Crippen molar-refractivity contribution in [1.82, 2.24) is 5.32 Å². The summed E-state index contributed by atoms with van der Waals surface area (Å²) in [7, 11) is 0. The van der Waals surface area contributed by atoms with Crippen molar-refractivity contribution in [1.29, 1.82) is 0 Å². The van der Waals surface area contributed by atoms with Gasteiger partial charge in [-0.05, 0) is 58.7 Å². The van der Waals surface area contributed by atoms with Crippen molar-refractivity contribution >= 4 is 40.3 Å². The lowest BCUT2D eigenvalue weighted by atomic mass is 10.1. The quantitative estimate of drug-likeness (QED) is 0.789. The maximum Gasteiger partial charge on any atom is 0.255 e. The number of amides is 1. The van der Waals surface area contributed by atoms with Gasteiger partial charge in [0.1, 0.15) is 5.75 Å². The highest BCUT2D eigenvalue weighted by molar-refractivity contribution is 14.1. The van der Waals surface area contributed by atoms with Crippen molar-refractivity contribution in [2.45, 2.75) is 6.92 Å². The van der Waals surface area contributed by atoms with Crippen LogP contribution in [0.2, 0.25) is 0 Å². The van der Waals surface area contributed by atoms with E-state index in [0.29, 0.717) is 18.0 Å². The number of phenolic OH excluding ortho intramolecular Hbond substituents is 1. The van der Waals surface area contributed by atoms with E-state index in [1.54, 1.807) is 30.0 Å². The van der Waals surface area contributed by atoms with Crippen LogP contribution in [0.15, 0.2) is 18.2 Å². The van der Waals surface area contributed by atoms with Crippen LogP contribution < -0.4 is 5.32 Å². The molecule has 0 saturated carbocycles. The van der Waals surface area contributed by atoms with Crippen LogP contribution in [-0.4, -0.2) is 29.6 Å². The molecule has 0 heterocycles. The van der Waals surface area contributed by atoms with E-state index >= 15 is 0 Å². The largest absolute Gasteiger partial charge is 0.507 e. The van der Waals surface area contributed by atoms with Crippen LogP contribution in [0, 0.1) is 9.49 Å². The summed E-state index contributed by atoms with van der Waals surface area (Å²) in [6, 6.07) is 5.00. The Balaban J connectivity index is 2.61. The van der Waals surface area contributed by atoms with Gasteiger partial charge in [0.15, 0.2) is 0 Å². The minimum atomic E-state index is -0.214. The molecule has 1 rings (SSSR count). The Hall–Kier alpha value is -0.430. The molecule has 2 N–H and O–H groups in total. The first kappa shape index (κ1) is 14.6. The van der Waals surface area contributed by atoms with Gasteiger partial charge < -0.3 is 10.4 Å². The van der Waals surface area contributed by atoms with Gasteiger partial charge in [-0.2, -0.15) is 11.8 Å². The van der Waals surface area contributed by atoms with Crippen molar-refractivity contribution in [3.05, 3.63) is 27.3 Å². The number of nitrogens with one attached hydrogen (secondary N) is 1. The minimum absolute atomic E-state index is 0.0282. The van der Waals surface area contributed by atoms with E-state index in [1.165, 1.54) is 0 Å². The van der Waals surface area contributed by atoms with Crippen LogP contribution in [0.25, 0.3) is 0 Å². The van der Waals surface area contributed by atoms with Crippen molar-refractivity contribution in [3.63, 3.8) is 0 Å². The molecule has 0 fully saturated rings. The molecule has 0 aliphatic rings. The second-order valence-electron chi connectivity index (χ2n) is 3.93. The number of benzene rings is 1. The summed E-state index contributed by atoms with van der Waals surface area (Å²) in [4.78, 5) is 11.8. The van der Waals surface area contributed by atoms with Gasteiger partial charge in [-0.1, -0.05) is 6.92 Å². The lowest BCUT2D eigenvalue weighted by molar-refractivity contribution is 0.0946. The average molecular weight is 365 g/mol. The highest BCUT2D eigenvalue weighted by Crippen LogP contribution is 2.19. The molecule has 0 aliphatic heterocycles.